The van der Waals surface area contributed by atoms with Crippen molar-refractivity contribution in [1.29, 1.82) is 0 Å². The SMILES string of the molecule is CCC#CC#CC(=O)N/C=C\Cc1ccccc1. The van der Waals surface area contributed by atoms with Gasteiger partial charge in [-0.25, -0.2) is 0 Å². The van der Waals surface area contributed by atoms with Crippen molar-refractivity contribution in [3.63, 3.8) is 0 Å². The van der Waals surface area contributed by atoms with E-state index in [-0.39, 0.29) is 5.91 Å². The van der Waals surface area contributed by atoms with Gasteiger partial charge < -0.3 is 5.32 Å². The Morgan fingerprint density at radius 3 is 2.78 bits per heavy atom. The number of nitrogens with one attached hydrogen (secondary N) is 1. The van der Waals surface area contributed by atoms with Crippen LogP contribution in [0.4, 0.5) is 0 Å². The lowest BCUT2D eigenvalue weighted by Gasteiger charge is -1.94. The summed E-state index contributed by atoms with van der Waals surface area (Å²) in [7, 11) is 0. The lowest BCUT2D eigenvalue weighted by atomic mass is 10.1. The number of hydrogen-bond donors (Lipinski definition) is 1. The minimum absolute atomic E-state index is 0.343. The van der Waals surface area contributed by atoms with Gasteiger partial charge in [0, 0.05) is 18.5 Å². The maximum Gasteiger partial charge on any atom is 0.300 e. The minimum Gasteiger partial charge on any atom is -0.322 e. The molecule has 0 aliphatic rings. The van der Waals surface area contributed by atoms with Gasteiger partial charge in [0.15, 0.2) is 0 Å². The Hall–Kier alpha value is -2.45. The Kier molecular flexibility index (Phi) is 6.56. The highest BCUT2D eigenvalue weighted by Crippen LogP contribution is 1.99. The molecule has 2 nitrogen and oxygen atoms in total. The van der Waals surface area contributed by atoms with Crippen molar-refractivity contribution < 1.29 is 4.79 Å². The number of rotatable bonds is 3. The second-order valence-corrected chi connectivity index (χ2v) is 3.47. The first-order valence-electron chi connectivity index (χ1n) is 5.81. The molecule has 1 aromatic rings. The van der Waals surface area contributed by atoms with Crippen molar-refractivity contribution in [2.75, 3.05) is 0 Å². The molecule has 0 aromatic heterocycles. The molecule has 0 saturated carbocycles. The Balaban J connectivity index is 2.32. The highest BCUT2D eigenvalue weighted by Gasteiger charge is 1.89. The number of carbonyl (C=O) groups is 1. The summed E-state index contributed by atoms with van der Waals surface area (Å²) < 4.78 is 0. The average molecular weight is 237 g/mol. The zero-order chi connectivity index (χ0) is 13.1. The molecular weight excluding hydrogens is 222 g/mol. The third-order valence-corrected chi connectivity index (χ3v) is 2.03. The summed E-state index contributed by atoms with van der Waals surface area (Å²) in [4.78, 5) is 11.2. The predicted octanol–water partition coefficient (Wildman–Crippen LogP) is 2.28. The van der Waals surface area contributed by atoms with Crippen molar-refractivity contribution in [3.05, 3.63) is 48.2 Å². The summed E-state index contributed by atoms with van der Waals surface area (Å²) in [6, 6.07) is 10.0. The Morgan fingerprint density at radius 1 is 1.28 bits per heavy atom. The smallest absolute Gasteiger partial charge is 0.300 e. The molecule has 1 aromatic carbocycles. The van der Waals surface area contributed by atoms with Crippen LogP contribution in [0.15, 0.2) is 42.6 Å². The molecule has 0 heterocycles. The molecule has 2 heteroatoms. The Bertz CT molecular complexity index is 521. The Morgan fingerprint density at radius 2 is 2.06 bits per heavy atom. The van der Waals surface area contributed by atoms with Crippen LogP contribution in [0.1, 0.15) is 18.9 Å². The highest BCUT2D eigenvalue weighted by atomic mass is 16.1. The molecule has 0 aliphatic carbocycles. The number of hydrogen-bond acceptors (Lipinski definition) is 1. The van der Waals surface area contributed by atoms with Crippen molar-refractivity contribution >= 4 is 5.91 Å². The maximum absolute atomic E-state index is 11.2. The van der Waals surface area contributed by atoms with Crippen molar-refractivity contribution in [2.24, 2.45) is 0 Å². The van der Waals surface area contributed by atoms with Gasteiger partial charge in [-0.3, -0.25) is 4.79 Å². The van der Waals surface area contributed by atoms with Crippen LogP contribution < -0.4 is 5.32 Å². The summed E-state index contributed by atoms with van der Waals surface area (Å²) in [6.45, 7) is 1.93. The molecule has 90 valence electrons. The van der Waals surface area contributed by atoms with E-state index in [1.165, 1.54) is 5.56 Å². The summed E-state index contributed by atoms with van der Waals surface area (Å²) in [5, 5.41) is 2.57. The molecule has 0 unspecified atom stereocenters. The molecule has 0 spiro atoms. The van der Waals surface area contributed by atoms with Gasteiger partial charge >= 0.3 is 5.91 Å². The fourth-order valence-electron chi connectivity index (χ4n) is 1.20. The van der Waals surface area contributed by atoms with E-state index in [1.54, 1.807) is 6.20 Å². The fraction of sp³-hybridized carbons (Fsp3) is 0.188. The number of allylic oxidation sites excluding steroid dienone is 1. The van der Waals surface area contributed by atoms with Crippen molar-refractivity contribution in [3.8, 4) is 23.7 Å². The first kappa shape index (κ1) is 13.6. The number of amides is 1. The van der Waals surface area contributed by atoms with E-state index in [2.05, 4.69) is 29.0 Å². The Labute approximate surface area is 108 Å². The lowest BCUT2D eigenvalue weighted by molar-refractivity contribution is -0.114. The quantitative estimate of drug-likeness (QED) is 0.803. The second kappa shape index (κ2) is 8.67. The molecule has 0 saturated heterocycles. The molecule has 0 radical (unpaired) electrons. The average Bonchev–Trinajstić information content (AvgIpc) is 2.41. The van der Waals surface area contributed by atoms with Crippen molar-refractivity contribution in [2.45, 2.75) is 19.8 Å². The van der Waals surface area contributed by atoms with Crippen LogP contribution in [-0.4, -0.2) is 5.91 Å². The van der Waals surface area contributed by atoms with E-state index in [9.17, 15) is 4.79 Å². The third kappa shape index (κ3) is 6.20. The van der Waals surface area contributed by atoms with Gasteiger partial charge in [-0.15, -0.1) is 0 Å². The number of benzene rings is 1. The minimum atomic E-state index is -0.343. The normalized spacial score (nSPS) is 8.94. The van der Waals surface area contributed by atoms with Crippen LogP contribution in [0.5, 0.6) is 0 Å². The van der Waals surface area contributed by atoms with Gasteiger partial charge in [0.25, 0.3) is 0 Å². The van der Waals surface area contributed by atoms with Gasteiger partial charge in [-0.2, -0.15) is 0 Å². The monoisotopic (exact) mass is 237 g/mol. The summed E-state index contributed by atoms with van der Waals surface area (Å²) in [6.07, 6.45) is 5.02. The van der Waals surface area contributed by atoms with Gasteiger partial charge in [0.2, 0.25) is 0 Å². The predicted molar refractivity (Wildman–Crippen MR) is 73.3 cm³/mol. The van der Waals surface area contributed by atoms with Crippen LogP contribution in [0, 0.1) is 23.7 Å². The third-order valence-electron chi connectivity index (χ3n) is 2.03. The van der Waals surface area contributed by atoms with Crippen LogP contribution >= 0.6 is 0 Å². The first-order chi connectivity index (χ1) is 8.83. The molecule has 1 amide bonds. The van der Waals surface area contributed by atoms with Gasteiger partial charge in [-0.05, 0) is 23.8 Å². The molecule has 1 N–H and O–H groups in total. The topological polar surface area (TPSA) is 29.1 Å². The number of carbonyl (C=O) groups excluding carboxylic acids is 1. The van der Waals surface area contributed by atoms with Crippen LogP contribution in [0.3, 0.4) is 0 Å². The molecule has 0 bridgehead atoms. The van der Waals surface area contributed by atoms with Gasteiger partial charge in [0.1, 0.15) is 0 Å². The van der Waals surface area contributed by atoms with E-state index < -0.39 is 0 Å². The van der Waals surface area contributed by atoms with Crippen LogP contribution in [0.25, 0.3) is 0 Å². The molecule has 0 fully saturated rings. The highest BCUT2D eigenvalue weighted by molar-refractivity contribution is 5.94. The van der Waals surface area contributed by atoms with E-state index in [0.717, 1.165) is 12.8 Å². The van der Waals surface area contributed by atoms with Crippen molar-refractivity contribution in [1.82, 2.24) is 5.32 Å². The maximum atomic E-state index is 11.2. The lowest BCUT2D eigenvalue weighted by Crippen LogP contribution is -2.13. The largest absolute Gasteiger partial charge is 0.322 e. The summed E-state index contributed by atoms with van der Waals surface area (Å²) in [5.74, 6) is 9.89. The van der Waals surface area contributed by atoms with Crippen LogP contribution in [-0.2, 0) is 11.2 Å². The molecule has 18 heavy (non-hydrogen) atoms. The van der Waals surface area contributed by atoms with E-state index >= 15 is 0 Å². The summed E-state index contributed by atoms with van der Waals surface area (Å²) in [5.41, 5.74) is 1.20. The molecular formula is C16H15NO. The van der Waals surface area contributed by atoms with E-state index in [1.807, 2.05) is 43.3 Å². The second-order valence-electron chi connectivity index (χ2n) is 3.47. The zero-order valence-corrected chi connectivity index (χ0v) is 10.4. The van der Waals surface area contributed by atoms with Crippen LogP contribution in [0.2, 0.25) is 0 Å². The zero-order valence-electron chi connectivity index (χ0n) is 10.4. The van der Waals surface area contributed by atoms with E-state index in [0.29, 0.717) is 0 Å². The molecule has 0 atom stereocenters. The standard InChI is InChI=1S/C16H15NO/c1-2-3-4-8-13-16(18)17-14-9-12-15-10-6-5-7-11-15/h5-7,9-11,14H,2,12H2,1H3,(H,17,18)/b14-9-. The summed E-state index contributed by atoms with van der Waals surface area (Å²) >= 11 is 0. The van der Waals surface area contributed by atoms with E-state index in [4.69, 9.17) is 0 Å². The fourth-order valence-corrected chi connectivity index (χ4v) is 1.20. The molecule has 1 rings (SSSR count). The van der Waals surface area contributed by atoms with Gasteiger partial charge in [0.05, 0.1) is 0 Å². The first-order valence-corrected chi connectivity index (χ1v) is 5.81. The van der Waals surface area contributed by atoms with Gasteiger partial charge in [-0.1, -0.05) is 49.3 Å². The molecule has 0 aliphatic heterocycles.